The minimum absolute atomic E-state index is 0.129. The third-order valence-corrected chi connectivity index (χ3v) is 5.09. The Hall–Kier alpha value is -1.53. The average Bonchev–Trinajstić information content (AvgIpc) is 3.01. The van der Waals surface area contributed by atoms with Crippen LogP contribution in [0.4, 0.5) is 0 Å². The Morgan fingerprint density at radius 3 is 2.58 bits per heavy atom. The van der Waals surface area contributed by atoms with Crippen LogP contribution in [-0.4, -0.2) is 39.8 Å². The number of hydrogen-bond donors (Lipinski definition) is 0. The van der Waals surface area contributed by atoms with E-state index in [0.717, 1.165) is 18.7 Å². The second-order valence-electron chi connectivity index (χ2n) is 6.41. The van der Waals surface area contributed by atoms with Gasteiger partial charge in [0, 0.05) is 23.7 Å². The number of carbonyl (C=O) groups is 1. The molecule has 0 aliphatic carbocycles. The van der Waals surface area contributed by atoms with Gasteiger partial charge in [0.05, 0.1) is 5.75 Å². The van der Waals surface area contributed by atoms with Gasteiger partial charge in [0.15, 0.2) is 0 Å². The lowest BCUT2D eigenvalue weighted by atomic mass is 9.92. The molecule has 0 unspecified atom stereocenters. The molecule has 5 nitrogen and oxygen atoms in total. The van der Waals surface area contributed by atoms with Crippen molar-refractivity contribution in [1.29, 1.82) is 0 Å². The number of carbonyl (C=O) groups excluding carboxylic acids is 1. The van der Waals surface area contributed by atoms with Crippen LogP contribution in [0.15, 0.2) is 33.9 Å². The molecule has 7 heteroatoms. The second-order valence-corrected chi connectivity index (χ2v) is 7.78. The molecular formula is C17H20ClN3O2S. The summed E-state index contributed by atoms with van der Waals surface area (Å²) in [4.78, 5) is 14.3. The Morgan fingerprint density at radius 1 is 1.25 bits per heavy atom. The Balaban J connectivity index is 1.57. The molecule has 2 atom stereocenters. The van der Waals surface area contributed by atoms with Crippen molar-refractivity contribution < 1.29 is 9.21 Å². The molecule has 1 saturated heterocycles. The number of benzene rings is 1. The largest absolute Gasteiger partial charge is 0.411 e. The number of thioether (sulfide) groups is 1. The topological polar surface area (TPSA) is 59.2 Å². The van der Waals surface area contributed by atoms with Crippen LogP contribution in [0.3, 0.4) is 0 Å². The van der Waals surface area contributed by atoms with Crippen LogP contribution in [0.1, 0.15) is 20.3 Å². The lowest BCUT2D eigenvalue weighted by Gasteiger charge is -2.34. The molecule has 0 saturated carbocycles. The predicted octanol–water partition coefficient (Wildman–Crippen LogP) is 3.99. The normalized spacial score (nSPS) is 21.0. The lowest BCUT2D eigenvalue weighted by molar-refractivity contribution is -0.130. The third-order valence-electron chi connectivity index (χ3n) is 4.04. The number of aromatic nitrogens is 2. The number of piperidine rings is 1. The van der Waals surface area contributed by atoms with Crippen molar-refractivity contribution in [3.8, 4) is 11.5 Å². The zero-order chi connectivity index (χ0) is 17.1. The average molecular weight is 366 g/mol. The molecule has 1 amide bonds. The SMILES string of the molecule is C[C@@H]1C[C@H](C)CN(C(=O)CSc2nnc(-c3ccc(Cl)cc3)o2)C1. The Labute approximate surface area is 150 Å². The molecule has 0 bridgehead atoms. The molecule has 1 aliphatic heterocycles. The zero-order valence-electron chi connectivity index (χ0n) is 13.7. The molecule has 2 heterocycles. The molecular weight excluding hydrogens is 346 g/mol. The summed E-state index contributed by atoms with van der Waals surface area (Å²) in [5.41, 5.74) is 0.809. The second kappa shape index (κ2) is 7.57. The first-order chi connectivity index (χ1) is 11.5. The van der Waals surface area contributed by atoms with Crippen molar-refractivity contribution in [2.45, 2.75) is 25.5 Å². The maximum atomic E-state index is 12.4. The molecule has 0 spiro atoms. The van der Waals surface area contributed by atoms with Gasteiger partial charge < -0.3 is 9.32 Å². The minimum atomic E-state index is 0.129. The third kappa shape index (κ3) is 4.30. The van der Waals surface area contributed by atoms with E-state index in [-0.39, 0.29) is 5.91 Å². The molecule has 128 valence electrons. The Bertz CT molecular complexity index is 694. The van der Waals surface area contributed by atoms with Crippen LogP contribution in [0.25, 0.3) is 11.5 Å². The molecule has 0 radical (unpaired) electrons. The number of hydrogen-bond acceptors (Lipinski definition) is 5. The van der Waals surface area contributed by atoms with Gasteiger partial charge in [-0.3, -0.25) is 4.79 Å². The summed E-state index contributed by atoms with van der Waals surface area (Å²) in [6.45, 7) is 6.06. The lowest BCUT2D eigenvalue weighted by Crippen LogP contribution is -2.43. The van der Waals surface area contributed by atoms with Crippen LogP contribution in [0.5, 0.6) is 0 Å². The van der Waals surface area contributed by atoms with E-state index in [1.165, 1.54) is 18.2 Å². The highest BCUT2D eigenvalue weighted by Gasteiger charge is 2.25. The van der Waals surface area contributed by atoms with Gasteiger partial charge in [-0.25, -0.2) is 0 Å². The summed E-state index contributed by atoms with van der Waals surface area (Å²) < 4.78 is 5.62. The first-order valence-corrected chi connectivity index (χ1v) is 9.37. The van der Waals surface area contributed by atoms with Crippen molar-refractivity contribution in [3.05, 3.63) is 29.3 Å². The zero-order valence-corrected chi connectivity index (χ0v) is 15.3. The van der Waals surface area contributed by atoms with Crippen molar-refractivity contribution in [3.63, 3.8) is 0 Å². The molecule has 1 aromatic heterocycles. The molecule has 0 N–H and O–H groups in total. The fourth-order valence-corrected chi connectivity index (χ4v) is 3.85. The standard InChI is InChI=1S/C17H20ClN3O2S/c1-11-7-12(2)9-21(8-11)15(22)10-24-17-20-19-16(23-17)13-3-5-14(18)6-4-13/h3-6,11-12H,7-10H2,1-2H3/t11-,12+. The number of likely N-dealkylation sites (tertiary alicyclic amines) is 1. The summed E-state index contributed by atoms with van der Waals surface area (Å²) in [6, 6.07) is 7.20. The smallest absolute Gasteiger partial charge is 0.277 e. The van der Waals surface area contributed by atoms with Crippen molar-refractivity contribution >= 4 is 29.3 Å². The quantitative estimate of drug-likeness (QED) is 0.767. The minimum Gasteiger partial charge on any atom is -0.411 e. The van der Waals surface area contributed by atoms with E-state index in [1.807, 2.05) is 17.0 Å². The van der Waals surface area contributed by atoms with E-state index in [9.17, 15) is 4.79 Å². The highest BCUT2D eigenvalue weighted by molar-refractivity contribution is 7.99. The molecule has 2 aromatic rings. The van der Waals surface area contributed by atoms with Crippen molar-refractivity contribution in [1.82, 2.24) is 15.1 Å². The van der Waals surface area contributed by atoms with Crippen LogP contribution < -0.4 is 0 Å². The fourth-order valence-electron chi connectivity index (χ4n) is 3.06. The fraction of sp³-hybridized carbons (Fsp3) is 0.471. The summed E-state index contributed by atoms with van der Waals surface area (Å²) in [6.07, 6.45) is 1.19. The van der Waals surface area contributed by atoms with Crippen LogP contribution >= 0.6 is 23.4 Å². The Morgan fingerprint density at radius 2 is 1.92 bits per heavy atom. The van der Waals surface area contributed by atoms with Crippen molar-refractivity contribution in [2.24, 2.45) is 11.8 Å². The first-order valence-electron chi connectivity index (χ1n) is 8.01. The van der Waals surface area contributed by atoms with E-state index in [0.29, 0.717) is 33.7 Å². The maximum Gasteiger partial charge on any atom is 0.277 e. The van der Waals surface area contributed by atoms with E-state index < -0.39 is 0 Å². The van der Waals surface area contributed by atoms with Crippen LogP contribution in [-0.2, 0) is 4.79 Å². The van der Waals surface area contributed by atoms with E-state index in [1.54, 1.807) is 12.1 Å². The summed E-state index contributed by atoms with van der Waals surface area (Å²) >= 11 is 7.16. The molecule has 1 aliphatic rings. The number of rotatable bonds is 4. The van der Waals surface area contributed by atoms with Gasteiger partial charge in [-0.05, 0) is 42.5 Å². The number of amides is 1. The molecule has 3 rings (SSSR count). The highest BCUT2D eigenvalue weighted by Crippen LogP contribution is 2.26. The molecule has 24 heavy (non-hydrogen) atoms. The van der Waals surface area contributed by atoms with Crippen molar-refractivity contribution in [2.75, 3.05) is 18.8 Å². The van der Waals surface area contributed by atoms with Gasteiger partial charge in [-0.15, -0.1) is 10.2 Å². The van der Waals surface area contributed by atoms with Gasteiger partial charge in [-0.2, -0.15) is 0 Å². The summed E-state index contributed by atoms with van der Waals surface area (Å²) in [5, 5.41) is 9.09. The predicted molar refractivity (Wildman–Crippen MR) is 95.0 cm³/mol. The summed E-state index contributed by atoms with van der Waals surface area (Å²) in [7, 11) is 0. The van der Waals surface area contributed by atoms with E-state index in [2.05, 4.69) is 24.0 Å². The summed E-state index contributed by atoms with van der Waals surface area (Å²) in [5.74, 6) is 2.00. The van der Waals surface area contributed by atoms with Crippen LogP contribution in [0, 0.1) is 11.8 Å². The van der Waals surface area contributed by atoms with Crippen LogP contribution in [0.2, 0.25) is 5.02 Å². The van der Waals surface area contributed by atoms with Gasteiger partial charge in [0.1, 0.15) is 0 Å². The van der Waals surface area contributed by atoms with Gasteiger partial charge in [0.2, 0.25) is 11.8 Å². The van der Waals surface area contributed by atoms with E-state index >= 15 is 0 Å². The van der Waals surface area contributed by atoms with Gasteiger partial charge in [0.25, 0.3) is 5.22 Å². The monoisotopic (exact) mass is 365 g/mol. The number of nitrogens with zero attached hydrogens (tertiary/aromatic N) is 3. The Kier molecular flexibility index (Phi) is 5.46. The highest BCUT2D eigenvalue weighted by atomic mass is 35.5. The van der Waals surface area contributed by atoms with Gasteiger partial charge in [-0.1, -0.05) is 37.2 Å². The molecule has 1 fully saturated rings. The van der Waals surface area contributed by atoms with E-state index in [4.69, 9.17) is 16.0 Å². The maximum absolute atomic E-state index is 12.4. The van der Waals surface area contributed by atoms with Gasteiger partial charge >= 0.3 is 0 Å². The molecule has 1 aromatic carbocycles. The number of halogens is 1. The first kappa shape index (κ1) is 17.3.